The monoisotopic (exact) mass is 522 g/mol. The molecule has 5 nitrogen and oxygen atoms in total. The average Bonchev–Trinajstić information content (AvgIpc) is 2.93. The van der Waals surface area contributed by atoms with Gasteiger partial charge in [-0.2, -0.15) is 13.2 Å². The highest BCUT2D eigenvalue weighted by Gasteiger charge is 2.23. The van der Waals surface area contributed by atoms with Crippen LogP contribution in [0.1, 0.15) is 15.9 Å². The van der Waals surface area contributed by atoms with Crippen LogP contribution >= 0.6 is 0 Å². The van der Waals surface area contributed by atoms with Gasteiger partial charge in [-0.3, -0.25) is 9.78 Å². The molecule has 39 heavy (non-hydrogen) atoms. The molecule has 0 saturated carbocycles. The number of carbonyl (C=O) groups is 1. The molecule has 1 heterocycles. The van der Waals surface area contributed by atoms with E-state index in [1.807, 2.05) is 48.5 Å². The summed E-state index contributed by atoms with van der Waals surface area (Å²) in [6.45, 7) is 0. The SMILES string of the molecule is O=C(Nc1cccc(Nc2ccccc2)c1)c1cccc(Nc2ccnc3ccc(C#CC(F)(F)F)cc23)c1. The number of alkyl halides is 3. The van der Waals surface area contributed by atoms with Crippen LogP contribution in [0.3, 0.4) is 0 Å². The van der Waals surface area contributed by atoms with Crippen molar-refractivity contribution in [1.29, 1.82) is 0 Å². The fourth-order valence-electron chi connectivity index (χ4n) is 3.94. The van der Waals surface area contributed by atoms with Crippen LogP contribution in [0.15, 0.2) is 109 Å². The Kier molecular flexibility index (Phi) is 7.15. The highest BCUT2D eigenvalue weighted by atomic mass is 19.4. The van der Waals surface area contributed by atoms with E-state index in [9.17, 15) is 18.0 Å². The highest BCUT2D eigenvalue weighted by molar-refractivity contribution is 6.05. The minimum Gasteiger partial charge on any atom is -0.355 e. The van der Waals surface area contributed by atoms with E-state index in [1.54, 1.807) is 54.7 Å². The van der Waals surface area contributed by atoms with Gasteiger partial charge < -0.3 is 16.0 Å². The van der Waals surface area contributed by atoms with Crippen LogP contribution in [-0.2, 0) is 0 Å². The van der Waals surface area contributed by atoms with E-state index in [1.165, 1.54) is 12.0 Å². The van der Waals surface area contributed by atoms with E-state index in [2.05, 4.69) is 26.9 Å². The minimum absolute atomic E-state index is 0.216. The van der Waals surface area contributed by atoms with E-state index >= 15 is 0 Å². The number of carbonyl (C=O) groups excluding carboxylic acids is 1. The molecule has 0 fully saturated rings. The first-order valence-electron chi connectivity index (χ1n) is 11.9. The lowest BCUT2D eigenvalue weighted by Gasteiger charge is -2.12. The largest absolute Gasteiger partial charge is 0.458 e. The lowest BCUT2D eigenvalue weighted by molar-refractivity contribution is -0.0696. The van der Waals surface area contributed by atoms with Crippen LogP contribution in [0.2, 0.25) is 0 Å². The van der Waals surface area contributed by atoms with Gasteiger partial charge in [-0.25, -0.2) is 0 Å². The number of nitrogens with one attached hydrogen (secondary N) is 3. The summed E-state index contributed by atoms with van der Waals surface area (Å²) >= 11 is 0. The van der Waals surface area contributed by atoms with Gasteiger partial charge in [0.05, 0.1) is 5.52 Å². The number of amides is 1. The van der Waals surface area contributed by atoms with E-state index < -0.39 is 6.18 Å². The maximum absolute atomic E-state index is 13.0. The third-order valence-electron chi connectivity index (χ3n) is 5.68. The van der Waals surface area contributed by atoms with Gasteiger partial charge >= 0.3 is 6.18 Å². The summed E-state index contributed by atoms with van der Waals surface area (Å²) in [4.78, 5) is 17.3. The fraction of sp³-hybridized carbons (Fsp3) is 0.0323. The number of aromatic nitrogens is 1. The van der Waals surface area contributed by atoms with E-state index in [0.29, 0.717) is 33.5 Å². The van der Waals surface area contributed by atoms with Gasteiger partial charge in [0.2, 0.25) is 0 Å². The molecule has 4 aromatic carbocycles. The molecule has 192 valence electrons. The lowest BCUT2D eigenvalue weighted by atomic mass is 10.1. The molecule has 0 saturated heterocycles. The van der Waals surface area contributed by atoms with Crippen molar-refractivity contribution in [3.8, 4) is 11.8 Å². The van der Waals surface area contributed by atoms with Gasteiger partial charge in [-0.05, 0) is 72.8 Å². The Morgan fingerprint density at radius 1 is 0.718 bits per heavy atom. The standard InChI is InChI=1S/C31H21F3N4O/c32-31(33,34)16-14-21-12-13-28-27(18-21)29(15-17-35-28)37-24-9-4-6-22(19-24)30(39)38-26-11-5-10-25(20-26)36-23-7-2-1-3-8-23/h1-13,15,17-20,36H,(H,35,37)(H,38,39). The molecular weight excluding hydrogens is 501 g/mol. The summed E-state index contributed by atoms with van der Waals surface area (Å²) in [5, 5.41) is 10.1. The van der Waals surface area contributed by atoms with Crippen LogP contribution in [0, 0.1) is 11.8 Å². The molecule has 0 spiro atoms. The van der Waals surface area contributed by atoms with Gasteiger partial charge in [0.1, 0.15) is 0 Å². The lowest BCUT2D eigenvalue weighted by Crippen LogP contribution is -2.12. The quantitative estimate of drug-likeness (QED) is 0.199. The maximum atomic E-state index is 13.0. The summed E-state index contributed by atoms with van der Waals surface area (Å²) in [6, 6.07) is 30.4. The Balaban J connectivity index is 1.34. The van der Waals surface area contributed by atoms with Crippen LogP contribution in [-0.4, -0.2) is 17.1 Å². The summed E-state index contributed by atoms with van der Waals surface area (Å²) in [6.07, 6.45) is -2.98. The van der Waals surface area contributed by atoms with Crippen molar-refractivity contribution in [2.24, 2.45) is 0 Å². The molecule has 8 heteroatoms. The number of fused-ring (bicyclic) bond motifs is 1. The molecule has 0 radical (unpaired) electrons. The first-order valence-corrected chi connectivity index (χ1v) is 11.9. The molecule has 0 aliphatic carbocycles. The summed E-state index contributed by atoms with van der Waals surface area (Å²) < 4.78 is 37.6. The van der Waals surface area contributed by atoms with Gasteiger partial charge in [-0.1, -0.05) is 36.3 Å². The Labute approximate surface area is 222 Å². The second-order valence-electron chi connectivity index (χ2n) is 8.57. The Bertz CT molecular complexity index is 1710. The van der Waals surface area contributed by atoms with E-state index in [-0.39, 0.29) is 11.5 Å². The second kappa shape index (κ2) is 11.0. The zero-order chi connectivity index (χ0) is 27.2. The van der Waals surface area contributed by atoms with Crippen molar-refractivity contribution in [1.82, 2.24) is 4.98 Å². The smallest absolute Gasteiger partial charge is 0.355 e. The Morgan fingerprint density at radius 3 is 2.23 bits per heavy atom. The van der Waals surface area contributed by atoms with Crippen molar-refractivity contribution in [2.75, 3.05) is 16.0 Å². The number of nitrogens with zero attached hydrogens (tertiary/aromatic N) is 1. The molecule has 1 aromatic heterocycles. The first-order chi connectivity index (χ1) is 18.8. The molecule has 0 aliphatic heterocycles. The summed E-state index contributed by atoms with van der Waals surface area (Å²) in [5.74, 6) is 3.14. The molecule has 5 rings (SSSR count). The van der Waals surface area contributed by atoms with Crippen molar-refractivity contribution in [3.63, 3.8) is 0 Å². The Hall–Kier alpha value is -5.29. The van der Waals surface area contributed by atoms with E-state index in [0.717, 1.165) is 11.4 Å². The highest BCUT2D eigenvalue weighted by Crippen LogP contribution is 2.27. The predicted octanol–water partition coefficient (Wildman–Crippen LogP) is 7.89. The number of hydrogen-bond donors (Lipinski definition) is 3. The normalized spacial score (nSPS) is 10.8. The van der Waals surface area contributed by atoms with E-state index in [4.69, 9.17) is 0 Å². The maximum Gasteiger partial charge on any atom is 0.458 e. The van der Waals surface area contributed by atoms with Crippen molar-refractivity contribution in [3.05, 3.63) is 120 Å². The zero-order valence-electron chi connectivity index (χ0n) is 20.4. The molecule has 0 bridgehead atoms. The molecule has 5 aromatic rings. The number of hydrogen-bond acceptors (Lipinski definition) is 4. The van der Waals surface area contributed by atoms with Crippen molar-refractivity contribution < 1.29 is 18.0 Å². The van der Waals surface area contributed by atoms with Crippen LogP contribution < -0.4 is 16.0 Å². The van der Waals surface area contributed by atoms with Gasteiger partial charge in [0.25, 0.3) is 5.91 Å². The third-order valence-corrected chi connectivity index (χ3v) is 5.68. The molecule has 1 amide bonds. The molecular formula is C31H21F3N4O. The number of halogens is 3. The fourth-order valence-corrected chi connectivity index (χ4v) is 3.94. The van der Waals surface area contributed by atoms with Crippen LogP contribution in [0.25, 0.3) is 10.9 Å². The summed E-state index contributed by atoms with van der Waals surface area (Å²) in [5.41, 5.74) is 4.88. The molecule has 0 atom stereocenters. The van der Waals surface area contributed by atoms with Gasteiger partial charge in [0.15, 0.2) is 0 Å². The molecule has 0 aliphatic rings. The van der Waals surface area contributed by atoms with Crippen LogP contribution in [0.4, 0.5) is 41.6 Å². The number of anilines is 5. The third kappa shape index (κ3) is 6.73. The number of rotatable bonds is 6. The van der Waals surface area contributed by atoms with Crippen LogP contribution in [0.5, 0.6) is 0 Å². The van der Waals surface area contributed by atoms with Gasteiger partial charge in [0, 0.05) is 57.1 Å². The Morgan fingerprint density at radius 2 is 1.44 bits per heavy atom. The predicted molar refractivity (Wildman–Crippen MR) is 149 cm³/mol. The molecule has 3 N–H and O–H groups in total. The minimum atomic E-state index is -4.58. The van der Waals surface area contributed by atoms with Crippen molar-refractivity contribution in [2.45, 2.75) is 6.18 Å². The number of pyridine rings is 1. The molecule has 0 unspecified atom stereocenters. The number of para-hydroxylation sites is 1. The second-order valence-corrected chi connectivity index (χ2v) is 8.57. The number of benzene rings is 4. The average molecular weight is 523 g/mol. The topological polar surface area (TPSA) is 66.1 Å². The summed E-state index contributed by atoms with van der Waals surface area (Å²) in [7, 11) is 0. The van der Waals surface area contributed by atoms with Gasteiger partial charge in [-0.15, -0.1) is 0 Å². The first kappa shape index (κ1) is 25.4. The zero-order valence-corrected chi connectivity index (χ0v) is 20.4. The van der Waals surface area contributed by atoms with Crippen molar-refractivity contribution >= 4 is 45.2 Å².